The molecule has 13 nitrogen and oxygen atoms in total. The van der Waals surface area contributed by atoms with Crippen LogP contribution in [0, 0.1) is 0 Å². The molecule has 0 radical (unpaired) electrons. The van der Waals surface area contributed by atoms with Crippen LogP contribution in [-0.4, -0.2) is 76.4 Å². The zero-order chi connectivity index (χ0) is 51.8. The molecule has 1 aliphatic rings. The molecule has 1 unspecified atom stereocenters. The van der Waals surface area contributed by atoms with E-state index in [0.29, 0.717) is 25.7 Å². The highest BCUT2D eigenvalue weighted by Crippen LogP contribution is 2.38. The molecule has 2 N–H and O–H groups in total. The van der Waals surface area contributed by atoms with E-state index in [1.165, 1.54) is 49.7 Å². The second-order valence-corrected chi connectivity index (χ2v) is 27.0. The molecule has 2 aromatic rings. The van der Waals surface area contributed by atoms with Gasteiger partial charge in [-0.25, -0.2) is 14.5 Å². The lowest BCUT2D eigenvalue weighted by Crippen LogP contribution is -2.56. The van der Waals surface area contributed by atoms with E-state index in [4.69, 9.17) is 27.7 Å². The van der Waals surface area contributed by atoms with Gasteiger partial charge in [0.1, 0.15) is 18.3 Å². The molecule has 1 aliphatic heterocycles. The number of ether oxygens (including phenoxy) is 3. The topological polar surface area (TPSA) is 173 Å². The van der Waals surface area contributed by atoms with E-state index < -0.39 is 67.3 Å². The minimum absolute atomic E-state index is 0.0914. The molecule has 3 rings (SSSR count). The number of hydrogen-bond donors (Lipinski definition) is 2. The third-order valence-electron chi connectivity index (χ3n) is 14.0. The third kappa shape index (κ3) is 28.2. The fourth-order valence-electron chi connectivity index (χ4n) is 8.58. The SMILES string of the molecule is CCCCCCCCCCCCC(OC(=O)CCCCCCCCc1ccccc1)C(=O)NO[C@@H]1C[C@@H](OC(=O)CCCCCCCCc2ccccc2)[C@H](OS(=O)(=O)O)[C@@H](CO[Si](C)(C)C(C)(C)C)O1. The molecule has 1 fully saturated rings. The fraction of sp³-hybridized carbons (Fsp3) is 0.732. The summed E-state index contributed by atoms with van der Waals surface area (Å²) in [7, 11) is -7.49. The summed E-state index contributed by atoms with van der Waals surface area (Å²) in [4.78, 5) is 46.2. The van der Waals surface area contributed by atoms with Crippen molar-refractivity contribution in [2.24, 2.45) is 0 Å². The Labute approximate surface area is 430 Å². The quantitative estimate of drug-likeness (QED) is 0.0214. The van der Waals surface area contributed by atoms with Crippen LogP contribution in [0.5, 0.6) is 0 Å². The third-order valence-corrected chi connectivity index (χ3v) is 18.9. The van der Waals surface area contributed by atoms with Crippen LogP contribution in [0.25, 0.3) is 0 Å². The second kappa shape index (κ2) is 35.1. The monoisotopic (exact) mass is 1030 g/mol. The number of carbonyl (C=O) groups is 3. The van der Waals surface area contributed by atoms with E-state index in [-0.39, 0.29) is 30.9 Å². The average Bonchev–Trinajstić information content (AvgIpc) is 3.32. The van der Waals surface area contributed by atoms with E-state index in [0.717, 1.165) is 96.3 Å². The fourth-order valence-corrected chi connectivity index (χ4v) is 10.1. The van der Waals surface area contributed by atoms with Gasteiger partial charge in [-0.3, -0.25) is 18.9 Å². The van der Waals surface area contributed by atoms with Gasteiger partial charge in [0.25, 0.3) is 5.91 Å². The normalized spacial score (nSPS) is 18.0. The first kappa shape index (κ1) is 62.1. The van der Waals surface area contributed by atoms with Gasteiger partial charge in [-0.05, 0) is 80.6 Å². The van der Waals surface area contributed by atoms with Crippen LogP contribution in [-0.2, 0) is 65.3 Å². The lowest BCUT2D eigenvalue weighted by Gasteiger charge is -2.42. The van der Waals surface area contributed by atoms with Crippen LogP contribution in [0.2, 0.25) is 18.1 Å². The molecule has 0 saturated carbocycles. The summed E-state index contributed by atoms with van der Waals surface area (Å²) in [5, 5.41) is -0.220. The van der Waals surface area contributed by atoms with Crippen molar-refractivity contribution in [3.63, 3.8) is 0 Å². The number of amides is 1. The maximum atomic E-state index is 13.8. The summed E-state index contributed by atoms with van der Waals surface area (Å²) in [6.45, 7) is 12.2. The van der Waals surface area contributed by atoms with Gasteiger partial charge in [0.05, 0.1) is 6.61 Å². The second-order valence-electron chi connectivity index (χ2n) is 21.2. The van der Waals surface area contributed by atoms with Crippen LogP contribution in [0.4, 0.5) is 0 Å². The van der Waals surface area contributed by atoms with Gasteiger partial charge >= 0.3 is 22.3 Å². The smallest absolute Gasteiger partial charge is 0.397 e. The number of rotatable bonds is 39. The molecule has 0 bridgehead atoms. The minimum atomic E-state index is -5.04. The van der Waals surface area contributed by atoms with E-state index in [1.54, 1.807) is 0 Å². The van der Waals surface area contributed by atoms with Gasteiger partial charge in [-0.15, -0.1) is 0 Å². The average molecular weight is 1030 g/mol. The van der Waals surface area contributed by atoms with Crippen molar-refractivity contribution >= 4 is 36.6 Å². The van der Waals surface area contributed by atoms with Crippen molar-refractivity contribution in [1.29, 1.82) is 0 Å². The highest BCUT2D eigenvalue weighted by Gasteiger charge is 2.47. The zero-order valence-electron chi connectivity index (χ0n) is 44.5. The molecule has 0 spiro atoms. The summed E-state index contributed by atoms with van der Waals surface area (Å²) in [5.41, 5.74) is 5.13. The highest BCUT2D eigenvalue weighted by atomic mass is 32.3. The van der Waals surface area contributed by atoms with Gasteiger partial charge in [-0.2, -0.15) is 8.42 Å². The molecule has 404 valence electrons. The Kier molecular flexibility index (Phi) is 30.7. The van der Waals surface area contributed by atoms with Gasteiger partial charge < -0.3 is 18.6 Å². The molecule has 2 aromatic carbocycles. The van der Waals surface area contributed by atoms with Crippen molar-refractivity contribution in [2.45, 2.75) is 256 Å². The van der Waals surface area contributed by atoms with E-state index in [2.05, 4.69) is 81.7 Å². The number of hydrogen-bond acceptors (Lipinski definition) is 11. The van der Waals surface area contributed by atoms with E-state index in [1.807, 2.05) is 25.2 Å². The van der Waals surface area contributed by atoms with Crippen molar-refractivity contribution < 1.29 is 55.0 Å². The number of nitrogens with one attached hydrogen (secondary N) is 1. The number of unbranched alkanes of at least 4 members (excludes halogenated alkanes) is 19. The Morgan fingerprint density at radius 1 is 0.690 bits per heavy atom. The van der Waals surface area contributed by atoms with Crippen molar-refractivity contribution in [1.82, 2.24) is 5.48 Å². The lowest BCUT2D eigenvalue weighted by atomic mass is 10.0. The first-order valence-corrected chi connectivity index (χ1v) is 31.6. The van der Waals surface area contributed by atoms with E-state index >= 15 is 0 Å². The zero-order valence-corrected chi connectivity index (χ0v) is 46.3. The van der Waals surface area contributed by atoms with Crippen molar-refractivity contribution in [3.8, 4) is 0 Å². The molecule has 1 heterocycles. The molecule has 1 amide bonds. The van der Waals surface area contributed by atoms with Gasteiger partial charge in [0.15, 0.2) is 20.7 Å². The first-order chi connectivity index (χ1) is 34.0. The Morgan fingerprint density at radius 2 is 1.15 bits per heavy atom. The molecule has 1 saturated heterocycles. The van der Waals surface area contributed by atoms with Crippen LogP contribution >= 0.6 is 0 Å². The minimum Gasteiger partial charge on any atom is -0.459 e. The predicted octanol–water partition coefficient (Wildman–Crippen LogP) is 13.4. The van der Waals surface area contributed by atoms with Gasteiger partial charge in [0.2, 0.25) is 0 Å². The largest absolute Gasteiger partial charge is 0.459 e. The summed E-state index contributed by atoms with van der Waals surface area (Å²) >= 11 is 0. The van der Waals surface area contributed by atoms with Crippen LogP contribution < -0.4 is 5.48 Å². The van der Waals surface area contributed by atoms with Gasteiger partial charge in [0, 0.05) is 19.3 Å². The molecular weight excluding hydrogens is 939 g/mol. The molecule has 71 heavy (non-hydrogen) atoms. The molecule has 5 atom stereocenters. The van der Waals surface area contributed by atoms with Crippen molar-refractivity contribution in [2.75, 3.05) is 6.61 Å². The molecular formula is C56H93NO12SSi. The summed E-state index contributed by atoms with van der Waals surface area (Å²) < 4.78 is 63.9. The number of hydroxylamine groups is 1. The first-order valence-electron chi connectivity index (χ1n) is 27.3. The Bertz CT molecular complexity index is 1840. The predicted molar refractivity (Wildman–Crippen MR) is 283 cm³/mol. The summed E-state index contributed by atoms with van der Waals surface area (Å²) in [6.07, 6.45) is 18.8. The number of esters is 2. The number of benzene rings is 2. The summed E-state index contributed by atoms with van der Waals surface area (Å²) in [5.74, 6) is -1.67. The van der Waals surface area contributed by atoms with Crippen molar-refractivity contribution in [3.05, 3.63) is 71.8 Å². The van der Waals surface area contributed by atoms with Gasteiger partial charge in [-0.1, -0.05) is 198 Å². The molecule has 0 aromatic heterocycles. The van der Waals surface area contributed by atoms with Crippen LogP contribution in [0.1, 0.15) is 206 Å². The highest BCUT2D eigenvalue weighted by molar-refractivity contribution is 7.80. The number of aryl methyl sites for hydroxylation is 2. The maximum Gasteiger partial charge on any atom is 0.397 e. The molecule has 0 aliphatic carbocycles. The Balaban J connectivity index is 1.62. The molecule has 15 heteroatoms. The Hall–Kier alpha value is -3.18. The van der Waals surface area contributed by atoms with E-state index in [9.17, 15) is 27.4 Å². The number of carbonyl (C=O) groups excluding carboxylic acids is 3. The maximum absolute atomic E-state index is 13.8. The standard InChI is InChI=1S/C56H93NO12SSi/c1-7-8-9-10-11-12-13-14-21-32-41-48(65-51(58)42-33-22-17-15-19-26-35-46-37-28-24-29-38-46)55(60)57-68-53-44-49(54(69-70(61,62)63)50(67-53)45-64-71(5,6)56(2,3)4)66-52(59)43-34-23-18-16-20-27-36-47-39-30-25-31-40-47/h24-25,28-31,37-40,48-50,53-54H,7-23,26-27,32-36,41-45H2,1-6H3,(H,57,60)(H,61,62,63)/t48?,49-,50-,53-,54+/m1/s1. The van der Waals surface area contributed by atoms with Crippen LogP contribution in [0.3, 0.4) is 0 Å². The Morgan fingerprint density at radius 3 is 1.65 bits per heavy atom. The lowest BCUT2D eigenvalue weighted by molar-refractivity contribution is -0.271. The summed E-state index contributed by atoms with van der Waals surface area (Å²) in [6, 6.07) is 20.9. The van der Waals surface area contributed by atoms with Crippen LogP contribution in [0.15, 0.2) is 60.7 Å².